The van der Waals surface area contributed by atoms with E-state index in [-0.39, 0.29) is 11.6 Å². The molecular weight excluding hydrogens is 260 g/mol. The Labute approximate surface area is 115 Å². The molecule has 0 saturated carbocycles. The first-order chi connectivity index (χ1) is 9.52. The highest BCUT2D eigenvalue weighted by molar-refractivity contribution is 5.78. The number of carbonyl (C=O) groups is 1. The maximum Gasteiger partial charge on any atom is 0.271 e. The molecule has 1 heterocycles. The van der Waals surface area contributed by atoms with Gasteiger partial charge in [-0.15, -0.1) is 0 Å². The van der Waals surface area contributed by atoms with Gasteiger partial charge in [0.1, 0.15) is 5.82 Å². The van der Waals surface area contributed by atoms with Crippen LogP contribution in [0.5, 0.6) is 0 Å². The summed E-state index contributed by atoms with van der Waals surface area (Å²) in [5, 5.41) is 13.5. The van der Waals surface area contributed by atoms with E-state index in [1.807, 2.05) is 11.6 Å². The SMILES string of the molecule is CCC(=O)NCCc1nc2cc([N+](=O)[O-])ccc2n1C. The van der Waals surface area contributed by atoms with E-state index in [9.17, 15) is 14.9 Å². The number of nitrogens with zero attached hydrogens (tertiary/aromatic N) is 3. The quantitative estimate of drug-likeness (QED) is 0.662. The second-order valence-electron chi connectivity index (χ2n) is 4.47. The number of amides is 1. The number of aromatic nitrogens is 2. The van der Waals surface area contributed by atoms with Crippen LogP contribution in [0.3, 0.4) is 0 Å². The molecule has 1 aromatic heterocycles. The number of nitrogens with one attached hydrogen (secondary N) is 1. The molecular formula is C13H16N4O3. The van der Waals surface area contributed by atoms with Gasteiger partial charge in [0, 0.05) is 38.6 Å². The molecule has 0 saturated heterocycles. The molecule has 7 heteroatoms. The minimum absolute atomic E-state index is 0.000554. The Bertz CT molecular complexity index is 663. The van der Waals surface area contributed by atoms with Crippen molar-refractivity contribution in [2.75, 3.05) is 6.54 Å². The molecule has 0 bridgehead atoms. The van der Waals surface area contributed by atoms with Crippen LogP contribution in [0.25, 0.3) is 11.0 Å². The summed E-state index contributed by atoms with van der Waals surface area (Å²) in [6, 6.07) is 4.62. The number of benzene rings is 1. The summed E-state index contributed by atoms with van der Waals surface area (Å²) in [4.78, 5) is 25.9. The average Bonchev–Trinajstić information content (AvgIpc) is 2.75. The molecule has 7 nitrogen and oxygen atoms in total. The van der Waals surface area contributed by atoms with Crippen LogP contribution >= 0.6 is 0 Å². The van der Waals surface area contributed by atoms with Crippen LogP contribution in [0.15, 0.2) is 18.2 Å². The molecule has 1 amide bonds. The lowest BCUT2D eigenvalue weighted by Crippen LogP contribution is -2.25. The molecule has 2 rings (SSSR count). The van der Waals surface area contributed by atoms with E-state index in [1.165, 1.54) is 12.1 Å². The second kappa shape index (κ2) is 5.68. The number of nitro groups is 1. The first-order valence-corrected chi connectivity index (χ1v) is 6.39. The number of aryl methyl sites for hydroxylation is 1. The van der Waals surface area contributed by atoms with E-state index in [0.29, 0.717) is 24.9 Å². The van der Waals surface area contributed by atoms with E-state index in [0.717, 1.165) is 11.3 Å². The number of hydrogen-bond acceptors (Lipinski definition) is 4. The van der Waals surface area contributed by atoms with Gasteiger partial charge in [0.05, 0.1) is 16.0 Å². The lowest BCUT2D eigenvalue weighted by molar-refractivity contribution is -0.384. The molecule has 2 aromatic rings. The van der Waals surface area contributed by atoms with Crippen LogP contribution in [0, 0.1) is 10.1 Å². The van der Waals surface area contributed by atoms with E-state index in [2.05, 4.69) is 10.3 Å². The third kappa shape index (κ3) is 2.76. The molecule has 1 N–H and O–H groups in total. The molecule has 0 radical (unpaired) electrons. The zero-order valence-electron chi connectivity index (χ0n) is 11.4. The summed E-state index contributed by atoms with van der Waals surface area (Å²) in [5.41, 5.74) is 1.47. The number of fused-ring (bicyclic) bond motifs is 1. The van der Waals surface area contributed by atoms with E-state index in [1.54, 1.807) is 13.0 Å². The summed E-state index contributed by atoms with van der Waals surface area (Å²) in [6.45, 7) is 2.30. The fourth-order valence-corrected chi connectivity index (χ4v) is 2.01. The van der Waals surface area contributed by atoms with Crippen LogP contribution in [-0.4, -0.2) is 26.9 Å². The number of nitro benzene ring substituents is 1. The van der Waals surface area contributed by atoms with Crippen molar-refractivity contribution in [1.29, 1.82) is 0 Å². The molecule has 0 aliphatic rings. The zero-order valence-corrected chi connectivity index (χ0v) is 11.4. The monoisotopic (exact) mass is 276 g/mol. The van der Waals surface area contributed by atoms with Crippen molar-refractivity contribution in [3.8, 4) is 0 Å². The Kier molecular flexibility index (Phi) is 3.97. The Morgan fingerprint density at radius 3 is 2.90 bits per heavy atom. The van der Waals surface area contributed by atoms with Crippen molar-refractivity contribution in [3.63, 3.8) is 0 Å². The Morgan fingerprint density at radius 1 is 1.50 bits per heavy atom. The molecule has 0 spiro atoms. The standard InChI is InChI=1S/C13H16N4O3/c1-3-13(18)14-7-6-12-15-10-8-9(17(19)20)4-5-11(10)16(12)2/h4-5,8H,3,6-7H2,1-2H3,(H,14,18). The molecule has 0 aliphatic heterocycles. The predicted molar refractivity (Wildman–Crippen MR) is 74.4 cm³/mol. The summed E-state index contributed by atoms with van der Waals surface area (Å²) in [6.07, 6.45) is 1.04. The average molecular weight is 276 g/mol. The summed E-state index contributed by atoms with van der Waals surface area (Å²) in [7, 11) is 1.86. The first kappa shape index (κ1) is 14.0. The van der Waals surface area contributed by atoms with Gasteiger partial charge in [-0.2, -0.15) is 0 Å². The maximum atomic E-state index is 11.2. The van der Waals surface area contributed by atoms with Gasteiger partial charge in [0.15, 0.2) is 0 Å². The summed E-state index contributed by atoms with van der Waals surface area (Å²) in [5.74, 6) is 0.788. The van der Waals surface area contributed by atoms with Crippen LogP contribution in [-0.2, 0) is 18.3 Å². The van der Waals surface area contributed by atoms with Gasteiger partial charge in [-0.3, -0.25) is 14.9 Å². The van der Waals surface area contributed by atoms with Gasteiger partial charge < -0.3 is 9.88 Å². The van der Waals surface area contributed by atoms with Crippen LogP contribution in [0.1, 0.15) is 19.2 Å². The molecule has 1 aromatic carbocycles. The Hall–Kier alpha value is -2.44. The number of rotatable bonds is 5. The highest BCUT2D eigenvalue weighted by atomic mass is 16.6. The van der Waals surface area contributed by atoms with Crippen LogP contribution < -0.4 is 5.32 Å². The smallest absolute Gasteiger partial charge is 0.271 e. The second-order valence-corrected chi connectivity index (χ2v) is 4.47. The van der Waals surface area contributed by atoms with Gasteiger partial charge in [-0.05, 0) is 6.07 Å². The van der Waals surface area contributed by atoms with Crippen LogP contribution in [0.2, 0.25) is 0 Å². The van der Waals surface area contributed by atoms with E-state index >= 15 is 0 Å². The fourth-order valence-electron chi connectivity index (χ4n) is 2.01. The lowest BCUT2D eigenvalue weighted by Gasteiger charge is -2.04. The molecule has 0 atom stereocenters. The molecule has 106 valence electrons. The van der Waals surface area contributed by atoms with Crippen molar-refractivity contribution in [3.05, 3.63) is 34.1 Å². The minimum atomic E-state index is -0.435. The lowest BCUT2D eigenvalue weighted by atomic mass is 10.3. The summed E-state index contributed by atoms with van der Waals surface area (Å²) >= 11 is 0. The van der Waals surface area contributed by atoms with Gasteiger partial charge in [0.25, 0.3) is 5.69 Å². The van der Waals surface area contributed by atoms with E-state index < -0.39 is 4.92 Å². The molecule has 20 heavy (non-hydrogen) atoms. The summed E-state index contributed by atoms with van der Waals surface area (Å²) < 4.78 is 1.89. The van der Waals surface area contributed by atoms with Crippen molar-refractivity contribution >= 4 is 22.6 Å². The molecule has 0 fully saturated rings. The third-order valence-electron chi connectivity index (χ3n) is 3.16. The minimum Gasteiger partial charge on any atom is -0.356 e. The largest absolute Gasteiger partial charge is 0.356 e. The van der Waals surface area contributed by atoms with Crippen molar-refractivity contribution in [2.24, 2.45) is 7.05 Å². The maximum absolute atomic E-state index is 11.2. The number of hydrogen-bond donors (Lipinski definition) is 1. The van der Waals surface area contributed by atoms with Gasteiger partial charge in [0.2, 0.25) is 5.91 Å². The Morgan fingerprint density at radius 2 is 2.25 bits per heavy atom. The third-order valence-corrected chi connectivity index (χ3v) is 3.16. The molecule has 0 unspecified atom stereocenters. The normalized spacial score (nSPS) is 10.7. The van der Waals surface area contributed by atoms with Gasteiger partial charge >= 0.3 is 0 Å². The first-order valence-electron chi connectivity index (χ1n) is 6.39. The van der Waals surface area contributed by atoms with Crippen LogP contribution in [0.4, 0.5) is 5.69 Å². The highest BCUT2D eigenvalue weighted by Crippen LogP contribution is 2.21. The highest BCUT2D eigenvalue weighted by Gasteiger charge is 2.12. The molecule has 0 aliphatic carbocycles. The van der Waals surface area contributed by atoms with Gasteiger partial charge in [-0.25, -0.2) is 4.98 Å². The van der Waals surface area contributed by atoms with Crippen molar-refractivity contribution in [1.82, 2.24) is 14.9 Å². The van der Waals surface area contributed by atoms with Crippen molar-refractivity contribution in [2.45, 2.75) is 19.8 Å². The van der Waals surface area contributed by atoms with Gasteiger partial charge in [-0.1, -0.05) is 6.92 Å². The fraction of sp³-hybridized carbons (Fsp3) is 0.385. The zero-order chi connectivity index (χ0) is 14.7. The number of carbonyl (C=O) groups excluding carboxylic acids is 1. The topological polar surface area (TPSA) is 90.1 Å². The Balaban J connectivity index is 2.20. The number of imidazole rings is 1. The van der Waals surface area contributed by atoms with Crippen molar-refractivity contribution < 1.29 is 9.72 Å². The number of non-ortho nitro benzene ring substituents is 1. The predicted octanol–water partition coefficient (Wildman–Crippen LogP) is 1.55. The van der Waals surface area contributed by atoms with E-state index in [4.69, 9.17) is 0 Å².